The minimum atomic E-state index is -0.457. The van der Waals surface area contributed by atoms with Crippen molar-refractivity contribution in [2.45, 2.75) is 10.1 Å². The van der Waals surface area contributed by atoms with E-state index in [0.717, 1.165) is 0 Å². The van der Waals surface area contributed by atoms with E-state index in [9.17, 15) is 14.9 Å². The van der Waals surface area contributed by atoms with Crippen LogP contribution >= 0.6 is 34.7 Å². The normalized spacial score (nSPS) is 10.5. The van der Waals surface area contributed by atoms with Crippen molar-refractivity contribution in [3.63, 3.8) is 0 Å². The summed E-state index contributed by atoms with van der Waals surface area (Å²) in [7, 11) is 1.50. The largest absolute Gasteiger partial charge is 0.496 e. The SMILES string of the molecule is COc1ccc([N+](=O)[O-])cc1CSc1nnc(NC(=O)c2ccccc2Cl)s1. The van der Waals surface area contributed by atoms with Crippen molar-refractivity contribution in [3.8, 4) is 5.75 Å². The first-order valence-electron chi connectivity index (χ1n) is 7.81. The second-order valence-electron chi connectivity index (χ2n) is 5.35. The van der Waals surface area contributed by atoms with Gasteiger partial charge in [-0.25, -0.2) is 0 Å². The highest BCUT2D eigenvalue weighted by atomic mass is 35.5. The molecule has 0 atom stereocenters. The van der Waals surface area contributed by atoms with Crippen molar-refractivity contribution in [3.05, 3.63) is 68.7 Å². The third kappa shape index (κ3) is 4.77. The number of non-ortho nitro benzene ring substituents is 1. The van der Waals surface area contributed by atoms with Crippen LogP contribution in [-0.2, 0) is 5.75 Å². The number of hydrogen-bond donors (Lipinski definition) is 1. The van der Waals surface area contributed by atoms with E-state index in [0.29, 0.717) is 37.1 Å². The molecular formula is C17H13ClN4O4S2. The maximum absolute atomic E-state index is 12.3. The molecule has 0 saturated heterocycles. The average Bonchev–Trinajstić information content (AvgIpc) is 3.13. The lowest BCUT2D eigenvalue weighted by molar-refractivity contribution is -0.384. The number of nitrogens with one attached hydrogen (secondary N) is 1. The number of ether oxygens (including phenoxy) is 1. The molecule has 0 fully saturated rings. The van der Waals surface area contributed by atoms with Crippen LogP contribution in [-0.4, -0.2) is 28.1 Å². The Morgan fingerprint density at radius 2 is 2.11 bits per heavy atom. The summed E-state index contributed by atoms with van der Waals surface area (Å²) in [5, 5.41) is 22.3. The van der Waals surface area contributed by atoms with Crippen molar-refractivity contribution < 1.29 is 14.5 Å². The number of rotatable bonds is 7. The van der Waals surface area contributed by atoms with Crippen molar-refractivity contribution >= 4 is 51.4 Å². The summed E-state index contributed by atoms with van der Waals surface area (Å²) in [4.78, 5) is 22.8. The fourth-order valence-electron chi connectivity index (χ4n) is 2.26. The molecule has 11 heteroatoms. The second kappa shape index (κ2) is 9.00. The van der Waals surface area contributed by atoms with Gasteiger partial charge in [0.25, 0.3) is 11.6 Å². The average molecular weight is 437 g/mol. The van der Waals surface area contributed by atoms with E-state index in [1.807, 2.05) is 0 Å². The predicted molar refractivity (Wildman–Crippen MR) is 109 cm³/mol. The Balaban J connectivity index is 1.67. The van der Waals surface area contributed by atoms with Gasteiger partial charge in [-0.15, -0.1) is 10.2 Å². The Labute approximate surface area is 173 Å². The van der Waals surface area contributed by atoms with Gasteiger partial charge in [-0.3, -0.25) is 20.2 Å². The van der Waals surface area contributed by atoms with E-state index in [2.05, 4.69) is 15.5 Å². The van der Waals surface area contributed by atoms with Crippen LogP contribution in [0.1, 0.15) is 15.9 Å². The molecule has 0 aliphatic heterocycles. The summed E-state index contributed by atoms with van der Waals surface area (Å²) < 4.78 is 5.85. The van der Waals surface area contributed by atoms with Crippen LogP contribution in [0.25, 0.3) is 0 Å². The second-order valence-corrected chi connectivity index (χ2v) is 7.96. The number of amides is 1. The molecule has 1 N–H and O–H groups in total. The van der Waals surface area contributed by atoms with Gasteiger partial charge in [-0.1, -0.05) is 46.8 Å². The fraction of sp³-hybridized carbons (Fsp3) is 0.118. The molecule has 144 valence electrons. The van der Waals surface area contributed by atoms with Crippen LogP contribution in [0.2, 0.25) is 5.02 Å². The van der Waals surface area contributed by atoms with E-state index in [4.69, 9.17) is 16.3 Å². The number of aromatic nitrogens is 2. The molecule has 0 aliphatic carbocycles. The minimum absolute atomic E-state index is 0.0126. The molecule has 0 aliphatic rings. The Hall–Kier alpha value is -2.69. The third-order valence-electron chi connectivity index (χ3n) is 3.57. The Morgan fingerprint density at radius 1 is 1.32 bits per heavy atom. The van der Waals surface area contributed by atoms with Crippen LogP contribution < -0.4 is 10.1 Å². The molecule has 0 unspecified atom stereocenters. The van der Waals surface area contributed by atoms with E-state index in [1.165, 1.54) is 42.3 Å². The molecule has 2 aromatic carbocycles. The van der Waals surface area contributed by atoms with E-state index < -0.39 is 4.92 Å². The fourth-order valence-corrected chi connectivity index (χ4v) is 4.21. The van der Waals surface area contributed by atoms with Crippen molar-refractivity contribution in [2.75, 3.05) is 12.4 Å². The lowest BCUT2D eigenvalue weighted by atomic mass is 10.2. The molecule has 0 saturated carbocycles. The number of nitro benzene ring substituents is 1. The number of anilines is 1. The molecule has 0 bridgehead atoms. The number of benzene rings is 2. The maximum Gasteiger partial charge on any atom is 0.270 e. The first kappa shape index (κ1) is 20.1. The van der Waals surface area contributed by atoms with Gasteiger partial charge in [-0.2, -0.15) is 0 Å². The monoisotopic (exact) mass is 436 g/mol. The number of carbonyl (C=O) groups excluding carboxylic acids is 1. The van der Waals surface area contributed by atoms with Gasteiger partial charge >= 0.3 is 0 Å². The number of halogens is 1. The summed E-state index contributed by atoms with van der Waals surface area (Å²) in [6.45, 7) is 0. The van der Waals surface area contributed by atoms with E-state index >= 15 is 0 Å². The van der Waals surface area contributed by atoms with Gasteiger partial charge in [0, 0.05) is 23.4 Å². The molecule has 3 aromatic rings. The molecule has 1 heterocycles. The molecule has 28 heavy (non-hydrogen) atoms. The number of hydrogen-bond acceptors (Lipinski definition) is 8. The van der Waals surface area contributed by atoms with Crippen LogP contribution in [0.4, 0.5) is 10.8 Å². The van der Waals surface area contributed by atoms with Crippen molar-refractivity contribution in [1.82, 2.24) is 10.2 Å². The smallest absolute Gasteiger partial charge is 0.270 e. The molecule has 0 radical (unpaired) electrons. The number of thioether (sulfide) groups is 1. The molecular weight excluding hydrogens is 424 g/mol. The summed E-state index contributed by atoms with van der Waals surface area (Å²) >= 11 is 8.55. The maximum atomic E-state index is 12.3. The zero-order valence-corrected chi connectivity index (χ0v) is 16.8. The third-order valence-corrected chi connectivity index (χ3v) is 5.92. The Kier molecular flexibility index (Phi) is 6.45. The molecule has 8 nitrogen and oxygen atoms in total. The van der Waals surface area contributed by atoms with Gasteiger partial charge in [0.1, 0.15) is 5.75 Å². The van der Waals surface area contributed by atoms with Crippen molar-refractivity contribution in [1.29, 1.82) is 0 Å². The molecule has 3 rings (SSSR count). The topological polar surface area (TPSA) is 107 Å². The zero-order valence-electron chi connectivity index (χ0n) is 14.4. The number of nitro groups is 1. The van der Waals surface area contributed by atoms with Gasteiger partial charge in [0.15, 0.2) is 4.34 Å². The first-order valence-corrected chi connectivity index (χ1v) is 9.99. The zero-order chi connectivity index (χ0) is 20.1. The Morgan fingerprint density at radius 3 is 2.82 bits per heavy atom. The standard InChI is InChI=1S/C17H13ClN4O4S2/c1-26-14-7-6-11(22(24)25)8-10(14)9-27-17-21-20-16(28-17)19-15(23)12-4-2-3-5-13(12)18/h2-8H,9H2,1H3,(H,19,20,23). The van der Waals surface area contributed by atoms with Gasteiger partial charge in [0.05, 0.1) is 22.6 Å². The summed E-state index contributed by atoms with van der Waals surface area (Å²) in [6, 6.07) is 11.1. The van der Waals surface area contributed by atoms with Gasteiger partial charge in [-0.05, 0) is 18.2 Å². The Bertz CT molecular complexity index is 1030. The number of nitrogens with zero attached hydrogens (tertiary/aromatic N) is 3. The van der Waals surface area contributed by atoms with Crippen LogP contribution in [0.15, 0.2) is 46.8 Å². The molecule has 1 aromatic heterocycles. The van der Waals surface area contributed by atoms with Gasteiger partial charge < -0.3 is 4.74 Å². The highest BCUT2D eigenvalue weighted by molar-refractivity contribution is 8.00. The quantitative estimate of drug-likeness (QED) is 0.248. The van der Waals surface area contributed by atoms with E-state index in [-0.39, 0.29) is 11.6 Å². The summed E-state index contributed by atoms with van der Waals surface area (Å²) in [5.41, 5.74) is 0.995. The minimum Gasteiger partial charge on any atom is -0.496 e. The number of methoxy groups -OCH3 is 1. The molecule has 1 amide bonds. The van der Waals surface area contributed by atoms with Crippen LogP contribution in [0.5, 0.6) is 5.75 Å². The molecule has 0 spiro atoms. The summed E-state index contributed by atoms with van der Waals surface area (Å²) in [5.74, 6) is 0.575. The number of carbonyl (C=O) groups is 1. The van der Waals surface area contributed by atoms with E-state index in [1.54, 1.807) is 30.3 Å². The highest BCUT2D eigenvalue weighted by Crippen LogP contribution is 2.33. The van der Waals surface area contributed by atoms with Crippen LogP contribution in [0, 0.1) is 10.1 Å². The highest BCUT2D eigenvalue weighted by Gasteiger charge is 2.15. The predicted octanol–water partition coefficient (Wildman–Crippen LogP) is 4.65. The first-order chi connectivity index (χ1) is 13.5. The van der Waals surface area contributed by atoms with Gasteiger partial charge in [0.2, 0.25) is 5.13 Å². The van der Waals surface area contributed by atoms with Crippen LogP contribution in [0.3, 0.4) is 0 Å². The lowest BCUT2D eigenvalue weighted by Crippen LogP contribution is -2.12. The summed E-state index contributed by atoms with van der Waals surface area (Å²) in [6.07, 6.45) is 0. The van der Waals surface area contributed by atoms with Crippen molar-refractivity contribution in [2.24, 2.45) is 0 Å². The lowest BCUT2D eigenvalue weighted by Gasteiger charge is -2.06.